The molecule has 1 aromatic heterocycles. The summed E-state index contributed by atoms with van der Waals surface area (Å²) in [7, 11) is -2.19. The molecular weight excluding hydrogens is 310 g/mol. The third kappa shape index (κ3) is 3.14. The van der Waals surface area contributed by atoms with Gasteiger partial charge in [0.2, 0.25) is 10.0 Å². The zero-order chi connectivity index (χ0) is 15.8. The van der Waals surface area contributed by atoms with Crippen LogP contribution >= 0.6 is 11.3 Å². The van der Waals surface area contributed by atoms with E-state index < -0.39 is 16.0 Å². The number of rotatable bonds is 4. The topological polar surface area (TPSA) is 74.7 Å². The first-order chi connectivity index (χ1) is 9.75. The van der Waals surface area contributed by atoms with Gasteiger partial charge in [0.15, 0.2) is 0 Å². The van der Waals surface area contributed by atoms with Gasteiger partial charge in [0, 0.05) is 13.1 Å². The van der Waals surface area contributed by atoms with Crippen LogP contribution in [0.1, 0.15) is 47.8 Å². The van der Waals surface area contributed by atoms with E-state index in [9.17, 15) is 18.3 Å². The van der Waals surface area contributed by atoms with Gasteiger partial charge in [-0.25, -0.2) is 13.2 Å². The van der Waals surface area contributed by atoms with Gasteiger partial charge in [-0.05, 0) is 49.5 Å². The number of nitrogens with zero attached hydrogens (tertiary/aromatic N) is 1. The number of thiophene rings is 1. The van der Waals surface area contributed by atoms with Gasteiger partial charge >= 0.3 is 5.97 Å². The molecule has 1 aromatic rings. The van der Waals surface area contributed by atoms with E-state index in [1.807, 2.05) is 0 Å². The summed E-state index contributed by atoms with van der Waals surface area (Å²) in [6, 6.07) is -0.0351. The lowest BCUT2D eigenvalue weighted by atomic mass is 9.87. The Kier molecular flexibility index (Phi) is 4.75. The number of carboxylic acids is 1. The van der Waals surface area contributed by atoms with E-state index in [4.69, 9.17) is 0 Å². The maximum atomic E-state index is 12.8. The van der Waals surface area contributed by atoms with Gasteiger partial charge in [-0.1, -0.05) is 6.92 Å². The number of sulfonamides is 1. The lowest BCUT2D eigenvalue weighted by Crippen LogP contribution is -2.39. The highest BCUT2D eigenvalue weighted by Gasteiger charge is 2.35. The quantitative estimate of drug-likeness (QED) is 0.920. The number of aromatic carboxylic acids is 1. The van der Waals surface area contributed by atoms with Crippen LogP contribution in [0, 0.1) is 12.8 Å². The Balaban J connectivity index is 2.34. The molecule has 21 heavy (non-hydrogen) atoms. The number of hydrogen-bond donors (Lipinski definition) is 1. The number of carbonyl (C=O) groups is 1. The molecule has 1 saturated carbocycles. The van der Waals surface area contributed by atoms with E-state index in [2.05, 4.69) is 6.92 Å². The Labute approximate surface area is 129 Å². The SMILES string of the molecule is Cc1csc(C(=O)O)c1S(=O)(=O)N(C)C1CCC(C)CC1. The summed E-state index contributed by atoms with van der Waals surface area (Å²) in [5, 5.41) is 10.8. The maximum Gasteiger partial charge on any atom is 0.347 e. The maximum absolute atomic E-state index is 12.8. The van der Waals surface area contributed by atoms with Gasteiger partial charge in [0.25, 0.3) is 0 Å². The summed E-state index contributed by atoms with van der Waals surface area (Å²) in [5.74, 6) is -0.549. The molecule has 1 heterocycles. The Bertz CT molecular complexity index is 627. The normalized spacial score (nSPS) is 23.4. The molecule has 1 aliphatic rings. The smallest absolute Gasteiger partial charge is 0.347 e. The van der Waals surface area contributed by atoms with Crippen LogP contribution in [0.3, 0.4) is 0 Å². The molecule has 2 rings (SSSR count). The molecule has 0 atom stereocenters. The van der Waals surface area contributed by atoms with Crippen LogP contribution in [-0.4, -0.2) is 36.9 Å². The van der Waals surface area contributed by atoms with Crippen molar-refractivity contribution in [2.75, 3.05) is 7.05 Å². The van der Waals surface area contributed by atoms with Crippen molar-refractivity contribution in [2.45, 2.75) is 50.5 Å². The standard InChI is InChI=1S/C14H21NO4S2/c1-9-4-6-11(7-5-9)15(3)21(18,19)13-10(2)8-20-12(13)14(16)17/h8-9,11H,4-7H2,1-3H3,(H,16,17). The molecule has 0 spiro atoms. The Morgan fingerprint density at radius 2 is 1.90 bits per heavy atom. The van der Waals surface area contributed by atoms with E-state index in [0.717, 1.165) is 37.0 Å². The van der Waals surface area contributed by atoms with Crippen LogP contribution in [-0.2, 0) is 10.0 Å². The number of carboxylic acid groups (broad SMARTS) is 1. The second-order valence-corrected chi connectivity index (χ2v) is 8.63. The lowest BCUT2D eigenvalue weighted by molar-refractivity contribution is 0.0698. The van der Waals surface area contributed by atoms with Crippen molar-refractivity contribution in [3.8, 4) is 0 Å². The second-order valence-electron chi connectivity index (χ2n) is 5.82. The molecule has 1 N–H and O–H groups in total. The molecule has 7 heteroatoms. The predicted molar refractivity (Wildman–Crippen MR) is 82.4 cm³/mol. The fourth-order valence-electron chi connectivity index (χ4n) is 2.85. The van der Waals surface area contributed by atoms with E-state index in [1.54, 1.807) is 19.4 Å². The van der Waals surface area contributed by atoms with Gasteiger partial charge in [0.1, 0.15) is 9.77 Å². The first kappa shape index (κ1) is 16.5. The van der Waals surface area contributed by atoms with Crippen molar-refractivity contribution < 1.29 is 18.3 Å². The molecule has 5 nitrogen and oxygen atoms in total. The van der Waals surface area contributed by atoms with Crippen LogP contribution in [0.5, 0.6) is 0 Å². The van der Waals surface area contributed by atoms with Gasteiger partial charge < -0.3 is 5.11 Å². The highest BCUT2D eigenvalue weighted by atomic mass is 32.2. The number of aryl methyl sites for hydroxylation is 1. The van der Waals surface area contributed by atoms with Crippen molar-refractivity contribution in [3.05, 3.63) is 15.8 Å². The molecule has 0 aromatic carbocycles. The molecular formula is C14H21NO4S2. The van der Waals surface area contributed by atoms with Gasteiger partial charge in [-0.15, -0.1) is 11.3 Å². The predicted octanol–water partition coefficient (Wildman–Crippen LogP) is 2.95. The van der Waals surface area contributed by atoms with Crippen LogP contribution in [0.15, 0.2) is 10.3 Å². The zero-order valence-corrected chi connectivity index (χ0v) is 14.1. The fourth-order valence-corrected chi connectivity index (χ4v) is 5.84. The molecule has 0 aliphatic heterocycles. The number of hydrogen-bond acceptors (Lipinski definition) is 4. The van der Waals surface area contributed by atoms with E-state index >= 15 is 0 Å². The van der Waals surface area contributed by atoms with Gasteiger partial charge in [0.05, 0.1) is 0 Å². The zero-order valence-electron chi connectivity index (χ0n) is 12.5. The van der Waals surface area contributed by atoms with Crippen LogP contribution in [0.2, 0.25) is 0 Å². The van der Waals surface area contributed by atoms with Crippen molar-refractivity contribution in [3.63, 3.8) is 0 Å². The fraction of sp³-hybridized carbons (Fsp3) is 0.643. The molecule has 118 valence electrons. The monoisotopic (exact) mass is 331 g/mol. The van der Waals surface area contributed by atoms with Crippen molar-refractivity contribution in [1.29, 1.82) is 0 Å². The van der Waals surface area contributed by atoms with Crippen LogP contribution in [0.4, 0.5) is 0 Å². The summed E-state index contributed by atoms with van der Waals surface area (Å²) in [5.41, 5.74) is 0.508. The summed E-state index contributed by atoms with van der Waals surface area (Å²) >= 11 is 0.970. The van der Waals surface area contributed by atoms with Gasteiger partial charge in [-0.2, -0.15) is 4.31 Å². The molecule has 0 unspecified atom stereocenters. The van der Waals surface area contributed by atoms with E-state index in [-0.39, 0.29) is 15.8 Å². The minimum absolute atomic E-state index is 0.0351. The molecule has 1 aliphatic carbocycles. The van der Waals surface area contributed by atoms with E-state index in [0.29, 0.717) is 11.5 Å². The molecule has 1 fully saturated rings. The Hall–Kier alpha value is -0.920. The second kappa shape index (κ2) is 6.06. The van der Waals surface area contributed by atoms with Crippen molar-refractivity contribution >= 4 is 27.3 Å². The Morgan fingerprint density at radius 1 is 1.33 bits per heavy atom. The third-order valence-corrected chi connectivity index (χ3v) is 7.56. The Morgan fingerprint density at radius 3 is 2.43 bits per heavy atom. The van der Waals surface area contributed by atoms with Gasteiger partial charge in [-0.3, -0.25) is 0 Å². The van der Waals surface area contributed by atoms with Crippen LogP contribution < -0.4 is 0 Å². The summed E-state index contributed by atoms with van der Waals surface area (Å²) in [6.07, 6.45) is 3.70. The first-order valence-corrected chi connectivity index (χ1v) is 9.36. The average Bonchev–Trinajstić information content (AvgIpc) is 2.81. The van der Waals surface area contributed by atoms with Crippen molar-refractivity contribution in [2.24, 2.45) is 5.92 Å². The third-order valence-electron chi connectivity index (χ3n) is 4.25. The average molecular weight is 331 g/mol. The first-order valence-electron chi connectivity index (χ1n) is 7.04. The molecule has 0 saturated heterocycles. The summed E-state index contributed by atoms with van der Waals surface area (Å²) in [6.45, 7) is 3.82. The molecule has 0 radical (unpaired) electrons. The largest absolute Gasteiger partial charge is 0.477 e. The minimum Gasteiger partial charge on any atom is -0.477 e. The molecule has 0 bridgehead atoms. The molecule has 0 amide bonds. The minimum atomic E-state index is -3.76. The van der Waals surface area contributed by atoms with Crippen molar-refractivity contribution in [1.82, 2.24) is 4.31 Å². The summed E-state index contributed by atoms with van der Waals surface area (Å²) in [4.78, 5) is 11.1. The van der Waals surface area contributed by atoms with E-state index in [1.165, 1.54) is 4.31 Å². The summed E-state index contributed by atoms with van der Waals surface area (Å²) < 4.78 is 27.0. The lowest BCUT2D eigenvalue weighted by Gasteiger charge is -2.33. The highest BCUT2D eigenvalue weighted by Crippen LogP contribution is 2.33. The van der Waals surface area contributed by atoms with Crippen LogP contribution in [0.25, 0.3) is 0 Å². The highest BCUT2D eigenvalue weighted by molar-refractivity contribution is 7.89.